The molecular formula is C10H7OY+2. The molecule has 1 aromatic rings. The number of terminal acetylenes is 1. The van der Waals surface area contributed by atoms with E-state index in [1.807, 2.05) is 19.3 Å². The summed E-state index contributed by atoms with van der Waals surface area (Å²) in [6.07, 6.45) is 6.97. The summed E-state index contributed by atoms with van der Waals surface area (Å²) in [5.74, 6) is 2.45. The average molecular weight is 232 g/mol. The zero-order valence-electron chi connectivity index (χ0n) is 6.79. The molecule has 0 N–H and O–H groups in total. The van der Waals surface area contributed by atoms with E-state index in [4.69, 9.17) is 6.42 Å². The molecule has 0 aliphatic carbocycles. The van der Waals surface area contributed by atoms with E-state index in [1.54, 1.807) is 12.1 Å². The van der Waals surface area contributed by atoms with Crippen LogP contribution in [0.2, 0.25) is 0 Å². The molecule has 0 fully saturated rings. The molecule has 0 heterocycles. The molecule has 0 aliphatic rings. The van der Waals surface area contributed by atoms with Crippen molar-refractivity contribution in [3.63, 3.8) is 0 Å². The van der Waals surface area contributed by atoms with Crippen LogP contribution < -0.4 is 0 Å². The van der Waals surface area contributed by atoms with Crippen molar-refractivity contribution in [1.29, 1.82) is 0 Å². The Bertz CT molecular complexity index is 323. The smallest absolute Gasteiger partial charge is 0.376 e. The van der Waals surface area contributed by atoms with E-state index in [1.165, 1.54) is 0 Å². The number of carbonyl (C=O) groups excluding carboxylic acids is 1. The number of aryl methyl sites for hydroxylation is 1. The van der Waals surface area contributed by atoms with Crippen molar-refractivity contribution in [1.82, 2.24) is 0 Å². The average Bonchev–Trinajstić information content (AvgIpc) is 2.05. The van der Waals surface area contributed by atoms with Gasteiger partial charge in [-0.25, -0.2) is 0 Å². The first-order valence-electron chi connectivity index (χ1n) is 3.23. The molecule has 0 amide bonds. The minimum Gasteiger partial charge on any atom is -0.376 e. The predicted octanol–water partition coefficient (Wildman–Crippen LogP) is 1.43. The second-order valence-electron chi connectivity index (χ2n) is 2.28. The molecule has 0 aromatic heterocycles. The molecule has 12 heavy (non-hydrogen) atoms. The number of rotatable bonds is 1. The Balaban J connectivity index is 0.00000121. The Labute approximate surface area is 97.4 Å². The van der Waals surface area contributed by atoms with Gasteiger partial charge in [0.2, 0.25) is 0 Å². The van der Waals surface area contributed by atoms with Crippen LogP contribution in [-0.2, 0) is 37.5 Å². The molecule has 0 saturated carbocycles. The van der Waals surface area contributed by atoms with E-state index in [2.05, 4.69) is 5.92 Å². The van der Waals surface area contributed by atoms with Crippen LogP contribution >= 0.6 is 0 Å². The van der Waals surface area contributed by atoms with Gasteiger partial charge in [0.05, 0.1) is 6.29 Å². The first kappa shape index (κ1) is 11.6. The van der Waals surface area contributed by atoms with Crippen molar-refractivity contribution >= 4 is 6.29 Å². The molecule has 0 aliphatic heterocycles. The van der Waals surface area contributed by atoms with Crippen LogP contribution in [0, 0.1) is 19.3 Å². The maximum atomic E-state index is 10.3. The van der Waals surface area contributed by atoms with E-state index in [0.29, 0.717) is 11.1 Å². The van der Waals surface area contributed by atoms with Gasteiger partial charge in [0.1, 0.15) is 0 Å². The first-order chi connectivity index (χ1) is 5.27. The van der Waals surface area contributed by atoms with Crippen LogP contribution in [0.25, 0.3) is 0 Å². The second kappa shape index (κ2) is 5.24. The summed E-state index contributed by atoms with van der Waals surface area (Å²) >= 11 is 0. The monoisotopic (exact) mass is 232 g/mol. The Hall–Kier alpha value is -0.446. The molecule has 0 radical (unpaired) electrons. The van der Waals surface area contributed by atoms with Gasteiger partial charge in [0.15, 0.2) is 0 Å². The second-order valence-corrected chi connectivity index (χ2v) is 2.28. The van der Waals surface area contributed by atoms with E-state index < -0.39 is 0 Å². The van der Waals surface area contributed by atoms with Gasteiger partial charge < -0.3 is 4.79 Å². The number of benzene rings is 1. The third-order valence-electron chi connectivity index (χ3n) is 1.51. The molecule has 0 spiro atoms. The summed E-state index contributed by atoms with van der Waals surface area (Å²) in [6.45, 7) is 1.85. The van der Waals surface area contributed by atoms with Gasteiger partial charge in [-0.1, -0.05) is 18.9 Å². The Kier molecular flexibility index (Phi) is 5.05. The van der Waals surface area contributed by atoms with Crippen LogP contribution in [0.4, 0.5) is 0 Å². The molecule has 1 nitrogen and oxygen atoms in total. The summed E-state index contributed by atoms with van der Waals surface area (Å²) < 4.78 is 0. The van der Waals surface area contributed by atoms with Crippen LogP contribution in [0.1, 0.15) is 16.7 Å². The van der Waals surface area contributed by atoms with E-state index in [0.717, 1.165) is 5.56 Å². The minimum absolute atomic E-state index is 0. The third-order valence-corrected chi connectivity index (χ3v) is 1.51. The molecular weight excluding hydrogens is 225 g/mol. The predicted molar refractivity (Wildman–Crippen MR) is 43.9 cm³/mol. The maximum Gasteiger partial charge on any atom is 3.00 e. The standard InChI is InChI=1S/C10H7O.Y/c1-3-9-5-4-8(2)10(6-9)7-11;/h1,4-6H,2H3;/q-1;+3. The fraction of sp³-hybridized carbons (Fsp3) is 0.100. The van der Waals surface area contributed by atoms with Crippen molar-refractivity contribution in [2.24, 2.45) is 0 Å². The quantitative estimate of drug-likeness (QED) is 0.528. The largest absolute Gasteiger partial charge is 3.00 e. The summed E-state index contributed by atoms with van der Waals surface area (Å²) in [6, 6.07) is 5.27. The summed E-state index contributed by atoms with van der Waals surface area (Å²) in [4.78, 5) is 10.3. The topological polar surface area (TPSA) is 17.1 Å². The van der Waals surface area contributed by atoms with Crippen LogP contribution in [0.15, 0.2) is 18.2 Å². The molecule has 54 valence electrons. The molecule has 0 unspecified atom stereocenters. The van der Waals surface area contributed by atoms with Gasteiger partial charge >= 0.3 is 32.7 Å². The molecule has 0 bridgehead atoms. The summed E-state index contributed by atoms with van der Waals surface area (Å²) in [5.41, 5.74) is 2.16. The number of hydrogen-bond acceptors (Lipinski definition) is 1. The summed E-state index contributed by atoms with van der Waals surface area (Å²) in [7, 11) is 0. The molecule has 2 heteroatoms. The van der Waals surface area contributed by atoms with E-state index >= 15 is 0 Å². The van der Waals surface area contributed by atoms with Crippen molar-refractivity contribution in [2.75, 3.05) is 0 Å². The van der Waals surface area contributed by atoms with Crippen LogP contribution in [0.5, 0.6) is 0 Å². The SMILES string of the molecule is C#Cc1ccc(C)c([C-]=O)c1.[Y+3]. The Morgan fingerprint density at radius 1 is 1.50 bits per heavy atom. The molecule has 0 atom stereocenters. The van der Waals surface area contributed by atoms with Gasteiger partial charge in [-0.05, 0) is 5.56 Å². The number of hydrogen-bond donors (Lipinski definition) is 0. The van der Waals surface area contributed by atoms with Crippen molar-refractivity contribution in [2.45, 2.75) is 6.92 Å². The molecule has 1 rings (SSSR count). The molecule has 0 saturated heterocycles. The van der Waals surface area contributed by atoms with E-state index in [9.17, 15) is 4.79 Å². The van der Waals surface area contributed by atoms with Crippen molar-refractivity contribution in [3.8, 4) is 12.3 Å². The summed E-state index contributed by atoms with van der Waals surface area (Å²) in [5, 5.41) is 0. The van der Waals surface area contributed by atoms with Gasteiger partial charge in [-0.3, -0.25) is 0 Å². The fourth-order valence-corrected chi connectivity index (χ4v) is 0.822. The van der Waals surface area contributed by atoms with Gasteiger partial charge in [0.25, 0.3) is 0 Å². The van der Waals surface area contributed by atoms with Gasteiger partial charge in [-0.2, -0.15) is 0 Å². The first-order valence-corrected chi connectivity index (χ1v) is 3.23. The Morgan fingerprint density at radius 2 is 2.17 bits per heavy atom. The Morgan fingerprint density at radius 3 is 2.67 bits per heavy atom. The van der Waals surface area contributed by atoms with Crippen LogP contribution in [0.3, 0.4) is 0 Å². The minimum atomic E-state index is 0. The van der Waals surface area contributed by atoms with Gasteiger partial charge in [0, 0.05) is 0 Å². The zero-order chi connectivity index (χ0) is 8.27. The van der Waals surface area contributed by atoms with Crippen molar-refractivity contribution in [3.05, 3.63) is 34.9 Å². The van der Waals surface area contributed by atoms with Gasteiger partial charge in [-0.15, -0.1) is 29.7 Å². The zero-order valence-corrected chi connectivity index (χ0v) is 9.63. The molecule has 1 aromatic carbocycles. The normalized spacial score (nSPS) is 8.00. The van der Waals surface area contributed by atoms with Crippen LogP contribution in [-0.4, -0.2) is 6.29 Å². The van der Waals surface area contributed by atoms with Crippen molar-refractivity contribution < 1.29 is 37.5 Å². The fourth-order valence-electron chi connectivity index (χ4n) is 0.822. The van der Waals surface area contributed by atoms with E-state index in [-0.39, 0.29) is 32.7 Å². The third kappa shape index (κ3) is 2.55. The maximum absolute atomic E-state index is 10.3.